The maximum Gasteiger partial charge on any atom is 0.144 e. The second-order valence-corrected chi connectivity index (χ2v) is 4.04. The van der Waals surface area contributed by atoms with Crippen molar-refractivity contribution in [1.82, 2.24) is 4.98 Å². The molecule has 84 valence electrons. The van der Waals surface area contributed by atoms with E-state index in [1.54, 1.807) is 30.3 Å². The van der Waals surface area contributed by atoms with Crippen LogP contribution in [-0.2, 0) is 0 Å². The van der Waals surface area contributed by atoms with E-state index >= 15 is 0 Å². The molecule has 0 aliphatic carbocycles. The minimum absolute atomic E-state index is 0.308. The van der Waals surface area contributed by atoms with E-state index in [1.165, 1.54) is 6.20 Å². The number of aromatic nitrogens is 1. The molecule has 2 aromatic rings. The molecule has 0 fully saturated rings. The molecule has 2 rings (SSSR count). The van der Waals surface area contributed by atoms with Crippen LogP contribution in [0.1, 0.15) is 5.69 Å². The van der Waals surface area contributed by atoms with Gasteiger partial charge in [0.15, 0.2) is 0 Å². The first-order valence-corrected chi connectivity index (χ1v) is 5.58. The van der Waals surface area contributed by atoms with Crippen LogP contribution in [0.2, 0.25) is 0 Å². The predicted molar refractivity (Wildman–Crippen MR) is 67.6 cm³/mol. The summed E-state index contributed by atoms with van der Waals surface area (Å²) in [5, 5.41) is 8.73. The van der Waals surface area contributed by atoms with Crippen molar-refractivity contribution in [2.24, 2.45) is 0 Å². The average Bonchev–Trinajstić information content (AvgIpc) is 2.35. The van der Waals surface area contributed by atoms with E-state index in [-0.39, 0.29) is 0 Å². The van der Waals surface area contributed by atoms with Gasteiger partial charge >= 0.3 is 0 Å². The molecule has 0 radical (unpaired) electrons. The molecule has 0 aliphatic heterocycles. The summed E-state index contributed by atoms with van der Waals surface area (Å²) in [6.07, 6.45) is 1.52. The van der Waals surface area contributed by atoms with Gasteiger partial charge < -0.3 is 10.5 Å². The summed E-state index contributed by atoms with van der Waals surface area (Å²) in [7, 11) is 0. The van der Waals surface area contributed by atoms with Crippen LogP contribution in [0.25, 0.3) is 0 Å². The number of halogens is 1. The number of benzene rings is 1. The minimum Gasteiger partial charge on any atom is -0.456 e. The fraction of sp³-hybridized carbons (Fsp3) is 0. The SMILES string of the molecule is N#Cc1cc(Oc2cccc(N)c2Br)ccn1. The number of nitrogens with two attached hydrogens (primary N) is 1. The third kappa shape index (κ3) is 2.55. The molecule has 0 amide bonds. The Kier molecular flexibility index (Phi) is 3.26. The van der Waals surface area contributed by atoms with E-state index in [0.717, 1.165) is 0 Å². The lowest BCUT2D eigenvalue weighted by Crippen LogP contribution is -1.91. The molecule has 0 bridgehead atoms. The van der Waals surface area contributed by atoms with E-state index in [0.29, 0.717) is 27.4 Å². The number of rotatable bonds is 2. The molecule has 0 unspecified atom stereocenters. The van der Waals surface area contributed by atoms with Gasteiger partial charge in [-0.15, -0.1) is 0 Å². The Labute approximate surface area is 107 Å². The van der Waals surface area contributed by atoms with Crippen LogP contribution in [0.4, 0.5) is 5.69 Å². The van der Waals surface area contributed by atoms with Crippen LogP contribution < -0.4 is 10.5 Å². The number of nitrogens with zero attached hydrogens (tertiary/aromatic N) is 2. The maximum absolute atomic E-state index is 8.73. The zero-order valence-corrected chi connectivity index (χ0v) is 10.3. The Hall–Kier alpha value is -2.06. The lowest BCUT2D eigenvalue weighted by Gasteiger charge is -2.08. The highest BCUT2D eigenvalue weighted by Crippen LogP contribution is 2.33. The standard InChI is InChI=1S/C12H8BrN3O/c13-12-10(15)2-1-3-11(12)17-9-4-5-16-8(6-9)7-14/h1-6H,15H2. The first-order chi connectivity index (χ1) is 8.20. The van der Waals surface area contributed by atoms with Crippen LogP contribution >= 0.6 is 15.9 Å². The van der Waals surface area contributed by atoms with Crippen LogP contribution in [0.5, 0.6) is 11.5 Å². The van der Waals surface area contributed by atoms with E-state index in [9.17, 15) is 0 Å². The highest BCUT2D eigenvalue weighted by molar-refractivity contribution is 9.10. The Morgan fingerprint density at radius 1 is 1.35 bits per heavy atom. The van der Waals surface area contributed by atoms with Gasteiger partial charge in [-0.2, -0.15) is 5.26 Å². The van der Waals surface area contributed by atoms with Gasteiger partial charge in [0.1, 0.15) is 23.3 Å². The summed E-state index contributed by atoms with van der Waals surface area (Å²) in [4.78, 5) is 3.86. The van der Waals surface area contributed by atoms with Gasteiger partial charge in [0.05, 0.1) is 4.47 Å². The number of pyridine rings is 1. The Morgan fingerprint density at radius 2 is 2.18 bits per heavy atom. The van der Waals surface area contributed by atoms with Crippen molar-refractivity contribution >= 4 is 21.6 Å². The van der Waals surface area contributed by atoms with Crippen molar-refractivity contribution in [3.63, 3.8) is 0 Å². The third-order valence-electron chi connectivity index (χ3n) is 2.07. The van der Waals surface area contributed by atoms with Crippen LogP contribution in [-0.4, -0.2) is 4.98 Å². The van der Waals surface area contributed by atoms with E-state index in [4.69, 9.17) is 15.7 Å². The van der Waals surface area contributed by atoms with Crippen molar-refractivity contribution in [1.29, 1.82) is 5.26 Å². The lowest BCUT2D eigenvalue weighted by atomic mass is 10.3. The second kappa shape index (κ2) is 4.85. The molecule has 4 nitrogen and oxygen atoms in total. The van der Waals surface area contributed by atoms with Crippen molar-refractivity contribution < 1.29 is 4.74 Å². The highest BCUT2D eigenvalue weighted by atomic mass is 79.9. The smallest absolute Gasteiger partial charge is 0.144 e. The molecule has 0 atom stereocenters. The summed E-state index contributed by atoms with van der Waals surface area (Å²) < 4.78 is 6.30. The topological polar surface area (TPSA) is 71.9 Å². The largest absolute Gasteiger partial charge is 0.456 e. The number of hydrogen-bond donors (Lipinski definition) is 1. The van der Waals surface area contributed by atoms with Crippen LogP contribution in [0.3, 0.4) is 0 Å². The fourth-order valence-electron chi connectivity index (χ4n) is 1.27. The van der Waals surface area contributed by atoms with Gasteiger partial charge in [-0.1, -0.05) is 6.07 Å². The summed E-state index contributed by atoms with van der Waals surface area (Å²) in [5.74, 6) is 1.14. The van der Waals surface area contributed by atoms with Crippen LogP contribution in [0.15, 0.2) is 41.0 Å². The maximum atomic E-state index is 8.73. The first kappa shape index (κ1) is 11.4. The van der Waals surface area contributed by atoms with Gasteiger partial charge in [-0.05, 0) is 34.1 Å². The van der Waals surface area contributed by atoms with Crippen molar-refractivity contribution in [2.75, 3.05) is 5.73 Å². The number of ether oxygens (including phenoxy) is 1. The molecule has 0 spiro atoms. The highest BCUT2D eigenvalue weighted by Gasteiger charge is 2.06. The molecule has 5 heteroatoms. The van der Waals surface area contributed by atoms with Crippen LogP contribution in [0, 0.1) is 11.3 Å². The Morgan fingerprint density at radius 3 is 2.94 bits per heavy atom. The van der Waals surface area contributed by atoms with Crippen molar-refractivity contribution in [3.8, 4) is 17.6 Å². The number of anilines is 1. The molecule has 1 aromatic carbocycles. The molecular formula is C12H8BrN3O. The molecule has 17 heavy (non-hydrogen) atoms. The van der Waals surface area contributed by atoms with Gasteiger partial charge in [-0.3, -0.25) is 0 Å². The molecule has 0 saturated heterocycles. The van der Waals surface area contributed by atoms with E-state index in [2.05, 4.69) is 20.9 Å². The van der Waals surface area contributed by atoms with Gasteiger partial charge in [-0.25, -0.2) is 4.98 Å². The van der Waals surface area contributed by atoms with Gasteiger partial charge in [0, 0.05) is 18.0 Å². The lowest BCUT2D eigenvalue weighted by molar-refractivity contribution is 0.479. The summed E-state index contributed by atoms with van der Waals surface area (Å²) in [5.41, 5.74) is 6.64. The average molecular weight is 290 g/mol. The second-order valence-electron chi connectivity index (χ2n) is 3.25. The normalized spacial score (nSPS) is 9.65. The predicted octanol–water partition coefficient (Wildman–Crippen LogP) is 3.09. The third-order valence-corrected chi connectivity index (χ3v) is 2.92. The quantitative estimate of drug-likeness (QED) is 0.863. The zero-order chi connectivity index (χ0) is 12.3. The fourth-order valence-corrected chi connectivity index (χ4v) is 1.61. The van der Waals surface area contributed by atoms with Gasteiger partial charge in [0.2, 0.25) is 0 Å². The molecule has 1 aromatic heterocycles. The summed E-state index contributed by atoms with van der Waals surface area (Å²) >= 11 is 3.34. The Balaban J connectivity index is 2.32. The molecule has 0 saturated carbocycles. The molecule has 2 N–H and O–H groups in total. The van der Waals surface area contributed by atoms with Crippen molar-refractivity contribution in [3.05, 3.63) is 46.7 Å². The molecular weight excluding hydrogens is 282 g/mol. The van der Waals surface area contributed by atoms with E-state index in [1.807, 2.05) is 6.07 Å². The number of hydrogen-bond acceptors (Lipinski definition) is 4. The number of nitriles is 1. The minimum atomic E-state index is 0.308. The first-order valence-electron chi connectivity index (χ1n) is 4.78. The summed E-state index contributed by atoms with van der Waals surface area (Å²) in [6.45, 7) is 0. The summed E-state index contributed by atoms with van der Waals surface area (Å²) in [6, 6.07) is 10.5. The van der Waals surface area contributed by atoms with Crippen molar-refractivity contribution in [2.45, 2.75) is 0 Å². The van der Waals surface area contributed by atoms with Gasteiger partial charge in [0.25, 0.3) is 0 Å². The zero-order valence-electron chi connectivity index (χ0n) is 8.72. The molecule has 0 aliphatic rings. The Bertz CT molecular complexity index is 593. The number of nitrogen functional groups attached to an aromatic ring is 1. The monoisotopic (exact) mass is 289 g/mol. The van der Waals surface area contributed by atoms with E-state index < -0.39 is 0 Å². The molecule has 1 heterocycles.